The molecule has 0 aliphatic carbocycles. The van der Waals surface area contributed by atoms with Gasteiger partial charge >= 0.3 is 0 Å². The van der Waals surface area contributed by atoms with E-state index in [4.69, 9.17) is 15.2 Å². The molecular formula is C19H24FNO2. The molecule has 4 heteroatoms. The second-order valence-corrected chi connectivity index (χ2v) is 5.29. The lowest BCUT2D eigenvalue weighted by Crippen LogP contribution is -2.17. The molecule has 2 N–H and O–H groups in total. The molecule has 0 saturated heterocycles. The van der Waals surface area contributed by atoms with Crippen LogP contribution in [0, 0.1) is 5.82 Å². The molecule has 0 bridgehead atoms. The first kappa shape index (κ1) is 17.3. The third kappa shape index (κ3) is 4.45. The van der Waals surface area contributed by atoms with Crippen LogP contribution >= 0.6 is 0 Å². The zero-order chi connectivity index (χ0) is 16.7. The molecule has 1 atom stereocenters. The van der Waals surface area contributed by atoms with Gasteiger partial charge in [-0.1, -0.05) is 18.2 Å². The highest BCUT2D eigenvalue weighted by molar-refractivity contribution is 5.40. The molecule has 2 aromatic rings. The predicted octanol–water partition coefficient (Wildman–Crippen LogP) is 3.91. The first-order valence-electron chi connectivity index (χ1n) is 8.02. The molecule has 0 radical (unpaired) electrons. The first-order chi connectivity index (χ1) is 11.2. The van der Waals surface area contributed by atoms with Crippen molar-refractivity contribution in [1.82, 2.24) is 0 Å². The smallest absolute Gasteiger partial charge is 0.123 e. The SMILES string of the molecule is CCOc1ccccc1CC(CN)c1cc(F)ccc1OCC. The van der Waals surface area contributed by atoms with Crippen LogP contribution in [0.2, 0.25) is 0 Å². The van der Waals surface area contributed by atoms with Gasteiger partial charge in [0.25, 0.3) is 0 Å². The number of benzene rings is 2. The Morgan fingerprint density at radius 3 is 2.39 bits per heavy atom. The number of hydrogen-bond acceptors (Lipinski definition) is 3. The Hall–Kier alpha value is -2.07. The van der Waals surface area contributed by atoms with Gasteiger partial charge in [-0.2, -0.15) is 0 Å². The molecule has 0 amide bonds. The third-order valence-corrected chi connectivity index (χ3v) is 3.73. The summed E-state index contributed by atoms with van der Waals surface area (Å²) in [5, 5.41) is 0. The summed E-state index contributed by atoms with van der Waals surface area (Å²) in [6, 6.07) is 12.5. The Morgan fingerprint density at radius 1 is 1.00 bits per heavy atom. The van der Waals surface area contributed by atoms with Gasteiger partial charge in [-0.25, -0.2) is 4.39 Å². The summed E-state index contributed by atoms with van der Waals surface area (Å²) in [5.74, 6) is 1.23. The van der Waals surface area contributed by atoms with Crippen LogP contribution in [0.3, 0.4) is 0 Å². The maximum Gasteiger partial charge on any atom is 0.123 e. The predicted molar refractivity (Wildman–Crippen MR) is 90.7 cm³/mol. The van der Waals surface area contributed by atoms with Gasteiger partial charge in [0.05, 0.1) is 13.2 Å². The third-order valence-electron chi connectivity index (χ3n) is 3.73. The van der Waals surface area contributed by atoms with Gasteiger partial charge in [0, 0.05) is 11.5 Å². The van der Waals surface area contributed by atoms with Crippen LogP contribution in [-0.2, 0) is 6.42 Å². The number of para-hydroxylation sites is 1. The lowest BCUT2D eigenvalue weighted by molar-refractivity contribution is 0.330. The number of halogens is 1. The lowest BCUT2D eigenvalue weighted by atomic mass is 9.91. The number of rotatable bonds is 8. The van der Waals surface area contributed by atoms with E-state index in [0.717, 1.165) is 16.9 Å². The molecule has 0 aromatic heterocycles. The summed E-state index contributed by atoms with van der Waals surface area (Å²) in [4.78, 5) is 0. The largest absolute Gasteiger partial charge is 0.494 e. The number of ether oxygens (including phenoxy) is 2. The molecule has 0 fully saturated rings. The highest BCUT2D eigenvalue weighted by Crippen LogP contribution is 2.32. The normalized spacial score (nSPS) is 12.0. The average Bonchev–Trinajstić information content (AvgIpc) is 2.56. The van der Waals surface area contributed by atoms with E-state index in [0.29, 0.717) is 31.9 Å². The van der Waals surface area contributed by atoms with E-state index in [2.05, 4.69) is 0 Å². The summed E-state index contributed by atoms with van der Waals surface area (Å²) in [6.07, 6.45) is 0.677. The van der Waals surface area contributed by atoms with Gasteiger partial charge in [-0.15, -0.1) is 0 Å². The second-order valence-electron chi connectivity index (χ2n) is 5.29. The molecular weight excluding hydrogens is 293 g/mol. The molecule has 0 saturated carbocycles. The van der Waals surface area contributed by atoms with Gasteiger partial charge in [0.2, 0.25) is 0 Å². The molecule has 0 spiro atoms. The monoisotopic (exact) mass is 317 g/mol. The summed E-state index contributed by atoms with van der Waals surface area (Å²) < 4.78 is 25.0. The molecule has 0 aliphatic heterocycles. The van der Waals surface area contributed by atoms with Crippen LogP contribution in [0.15, 0.2) is 42.5 Å². The van der Waals surface area contributed by atoms with Gasteiger partial charge in [-0.3, -0.25) is 0 Å². The fraction of sp³-hybridized carbons (Fsp3) is 0.368. The van der Waals surface area contributed by atoms with Crippen LogP contribution in [-0.4, -0.2) is 19.8 Å². The van der Waals surface area contributed by atoms with E-state index >= 15 is 0 Å². The molecule has 1 unspecified atom stereocenters. The van der Waals surface area contributed by atoms with Gasteiger partial charge < -0.3 is 15.2 Å². The van der Waals surface area contributed by atoms with Crippen molar-refractivity contribution in [3.05, 3.63) is 59.4 Å². The molecule has 124 valence electrons. The van der Waals surface area contributed by atoms with E-state index in [1.54, 1.807) is 6.07 Å². The number of nitrogens with two attached hydrogens (primary N) is 1. The van der Waals surface area contributed by atoms with Crippen LogP contribution in [0.25, 0.3) is 0 Å². The quantitative estimate of drug-likeness (QED) is 0.803. The van der Waals surface area contributed by atoms with E-state index in [1.807, 2.05) is 38.1 Å². The van der Waals surface area contributed by atoms with E-state index in [9.17, 15) is 4.39 Å². The molecule has 2 rings (SSSR count). The summed E-state index contributed by atoms with van der Waals surface area (Å²) in [5.41, 5.74) is 7.85. The van der Waals surface area contributed by atoms with Crippen LogP contribution in [0.5, 0.6) is 11.5 Å². The molecule has 0 aliphatic rings. The molecule has 0 heterocycles. The number of hydrogen-bond donors (Lipinski definition) is 1. The van der Waals surface area contributed by atoms with Crippen molar-refractivity contribution in [2.75, 3.05) is 19.8 Å². The maximum absolute atomic E-state index is 13.7. The first-order valence-corrected chi connectivity index (χ1v) is 8.02. The highest BCUT2D eigenvalue weighted by Gasteiger charge is 2.18. The Morgan fingerprint density at radius 2 is 1.70 bits per heavy atom. The summed E-state index contributed by atoms with van der Waals surface area (Å²) in [7, 11) is 0. The van der Waals surface area contributed by atoms with Crippen molar-refractivity contribution in [3.63, 3.8) is 0 Å². The lowest BCUT2D eigenvalue weighted by Gasteiger charge is -2.20. The van der Waals surface area contributed by atoms with Crippen molar-refractivity contribution in [1.29, 1.82) is 0 Å². The fourth-order valence-corrected chi connectivity index (χ4v) is 2.68. The maximum atomic E-state index is 13.7. The minimum Gasteiger partial charge on any atom is -0.494 e. The van der Waals surface area contributed by atoms with Gasteiger partial charge in [-0.05, 0) is 56.6 Å². The van der Waals surface area contributed by atoms with Gasteiger partial charge in [0.1, 0.15) is 17.3 Å². The van der Waals surface area contributed by atoms with E-state index < -0.39 is 0 Å². The van der Waals surface area contributed by atoms with Crippen molar-refractivity contribution >= 4 is 0 Å². The zero-order valence-electron chi connectivity index (χ0n) is 13.7. The minimum absolute atomic E-state index is 0.0335. The van der Waals surface area contributed by atoms with Crippen LogP contribution < -0.4 is 15.2 Å². The van der Waals surface area contributed by atoms with Crippen molar-refractivity contribution in [2.45, 2.75) is 26.2 Å². The summed E-state index contributed by atoms with van der Waals surface area (Å²) >= 11 is 0. The standard InChI is InChI=1S/C19H24FNO2/c1-3-22-18-8-6-5-7-14(18)11-15(13-21)17-12-16(20)9-10-19(17)23-4-2/h5-10,12,15H,3-4,11,13,21H2,1-2H3. The summed E-state index contributed by atoms with van der Waals surface area (Å²) in [6.45, 7) is 5.41. The molecule has 2 aromatic carbocycles. The van der Waals surface area contributed by atoms with Crippen LogP contribution in [0.4, 0.5) is 4.39 Å². The fourth-order valence-electron chi connectivity index (χ4n) is 2.68. The minimum atomic E-state index is -0.278. The Balaban J connectivity index is 2.32. The van der Waals surface area contributed by atoms with Crippen molar-refractivity contribution in [3.8, 4) is 11.5 Å². The van der Waals surface area contributed by atoms with Crippen LogP contribution in [0.1, 0.15) is 30.9 Å². The van der Waals surface area contributed by atoms with Crippen molar-refractivity contribution < 1.29 is 13.9 Å². The Bertz CT molecular complexity index is 631. The average molecular weight is 317 g/mol. The second kappa shape index (κ2) is 8.53. The van der Waals surface area contributed by atoms with E-state index in [-0.39, 0.29) is 11.7 Å². The zero-order valence-corrected chi connectivity index (χ0v) is 13.7. The Kier molecular flexibility index (Phi) is 6.41. The molecule has 3 nitrogen and oxygen atoms in total. The topological polar surface area (TPSA) is 44.5 Å². The van der Waals surface area contributed by atoms with E-state index in [1.165, 1.54) is 12.1 Å². The highest BCUT2D eigenvalue weighted by atomic mass is 19.1. The molecule has 23 heavy (non-hydrogen) atoms. The Labute approximate surface area is 137 Å². The van der Waals surface area contributed by atoms with Crippen molar-refractivity contribution in [2.24, 2.45) is 5.73 Å². The van der Waals surface area contributed by atoms with Gasteiger partial charge in [0.15, 0.2) is 0 Å².